The highest BCUT2D eigenvalue weighted by Gasteiger charge is 2.23. The first kappa shape index (κ1) is 14.2. The lowest BCUT2D eigenvalue weighted by Crippen LogP contribution is -2.30. The molecule has 0 spiro atoms. The predicted octanol–water partition coefficient (Wildman–Crippen LogP) is 2.86. The Morgan fingerprint density at radius 1 is 1.14 bits per heavy atom. The zero-order valence-electron chi connectivity index (χ0n) is 11.7. The van der Waals surface area contributed by atoms with Crippen LogP contribution in [0.4, 0.5) is 5.69 Å². The van der Waals surface area contributed by atoms with E-state index < -0.39 is 0 Å². The molecule has 0 bridgehead atoms. The SMILES string of the molecule is O=C(CSc1ccc(CO)cc1)N1CCc2ccccc21. The molecule has 0 aliphatic carbocycles. The summed E-state index contributed by atoms with van der Waals surface area (Å²) in [7, 11) is 0. The van der Waals surface area contributed by atoms with Crippen molar-refractivity contribution in [1.82, 2.24) is 0 Å². The molecule has 0 aromatic heterocycles. The highest BCUT2D eigenvalue weighted by molar-refractivity contribution is 8.00. The molecular weight excluding hydrogens is 282 g/mol. The van der Waals surface area contributed by atoms with Crippen LogP contribution < -0.4 is 4.90 Å². The Balaban J connectivity index is 1.62. The van der Waals surface area contributed by atoms with E-state index in [0.717, 1.165) is 29.1 Å². The van der Waals surface area contributed by atoms with Crippen LogP contribution >= 0.6 is 11.8 Å². The first-order valence-corrected chi connectivity index (χ1v) is 7.97. The van der Waals surface area contributed by atoms with Gasteiger partial charge in [-0.2, -0.15) is 0 Å². The van der Waals surface area contributed by atoms with Gasteiger partial charge in [-0.15, -0.1) is 11.8 Å². The van der Waals surface area contributed by atoms with Gasteiger partial charge in [0.05, 0.1) is 12.4 Å². The summed E-state index contributed by atoms with van der Waals surface area (Å²) in [6.07, 6.45) is 0.942. The summed E-state index contributed by atoms with van der Waals surface area (Å²) in [5.41, 5.74) is 3.20. The van der Waals surface area contributed by atoms with E-state index in [4.69, 9.17) is 5.11 Å². The number of hydrogen-bond acceptors (Lipinski definition) is 3. The maximum atomic E-state index is 12.4. The highest BCUT2D eigenvalue weighted by atomic mass is 32.2. The van der Waals surface area contributed by atoms with Crippen molar-refractivity contribution >= 4 is 23.4 Å². The van der Waals surface area contributed by atoms with Crippen molar-refractivity contribution in [1.29, 1.82) is 0 Å². The molecule has 108 valence electrons. The average molecular weight is 299 g/mol. The zero-order valence-corrected chi connectivity index (χ0v) is 12.5. The third kappa shape index (κ3) is 3.12. The fourth-order valence-corrected chi connectivity index (χ4v) is 3.29. The minimum Gasteiger partial charge on any atom is -0.392 e. The summed E-state index contributed by atoms with van der Waals surface area (Å²) in [6.45, 7) is 0.830. The van der Waals surface area contributed by atoms with E-state index in [0.29, 0.717) is 5.75 Å². The summed E-state index contributed by atoms with van der Waals surface area (Å²) < 4.78 is 0. The van der Waals surface area contributed by atoms with E-state index >= 15 is 0 Å². The van der Waals surface area contributed by atoms with Crippen molar-refractivity contribution in [2.45, 2.75) is 17.9 Å². The van der Waals surface area contributed by atoms with E-state index in [2.05, 4.69) is 6.07 Å². The lowest BCUT2D eigenvalue weighted by molar-refractivity contribution is -0.116. The molecule has 1 N–H and O–H groups in total. The highest BCUT2D eigenvalue weighted by Crippen LogP contribution is 2.28. The Morgan fingerprint density at radius 3 is 2.67 bits per heavy atom. The normalized spacial score (nSPS) is 13.3. The van der Waals surface area contributed by atoms with Crippen molar-refractivity contribution in [2.75, 3.05) is 17.2 Å². The second-order valence-corrected chi connectivity index (χ2v) is 6.06. The maximum absolute atomic E-state index is 12.4. The number of aliphatic hydroxyl groups is 1. The third-order valence-corrected chi connectivity index (χ3v) is 4.65. The van der Waals surface area contributed by atoms with Crippen LogP contribution in [0.5, 0.6) is 0 Å². The fourth-order valence-electron chi connectivity index (χ4n) is 2.51. The van der Waals surface area contributed by atoms with Crippen LogP contribution in [-0.2, 0) is 17.8 Å². The summed E-state index contributed by atoms with van der Waals surface area (Å²) in [5.74, 6) is 0.587. The van der Waals surface area contributed by atoms with E-state index in [1.807, 2.05) is 47.4 Å². The first-order chi connectivity index (χ1) is 10.3. The standard InChI is InChI=1S/C17H17NO2S/c19-11-13-5-7-15(8-6-13)21-12-17(20)18-10-9-14-3-1-2-4-16(14)18/h1-8,19H,9-12H2. The van der Waals surface area contributed by atoms with Gasteiger partial charge in [0.15, 0.2) is 0 Å². The molecule has 1 aliphatic rings. The molecule has 4 heteroatoms. The summed E-state index contributed by atoms with van der Waals surface area (Å²) in [6, 6.07) is 15.8. The van der Waals surface area contributed by atoms with E-state index in [1.165, 1.54) is 17.3 Å². The molecule has 2 aromatic carbocycles. The van der Waals surface area contributed by atoms with Crippen LogP contribution in [0.1, 0.15) is 11.1 Å². The smallest absolute Gasteiger partial charge is 0.237 e. The molecule has 1 amide bonds. The topological polar surface area (TPSA) is 40.5 Å². The summed E-state index contributed by atoms with van der Waals surface area (Å²) in [4.78, 5) is 15.3. The van der Waals surface area contributed by atoms with Crippen LogP contribution in [0.2, 0.25) is 0 Å². The minimum atomic E-state index is 0.0500. The van der Waals surface area contributed by atoms with Gasteiger partial charge in [-0.25, -0.2) is 0 Å². The van der Waals surface area contributed by atoms with Crippen LogP contribution in [-0.4, -0.2) is 23.3 Å². The third-order valence-electron chi connectivity index (χ3n) is 3.66. The minimum absolute atomic E-state index is 0.0500. The lowest BCUT2D eigenvalue weighted by atomic mass is 10.2. The number of carbonyl (C=O) groups is 1. The molecule has 0 unspecified atom stereocenters. The van der Waals surface area contributed by atoms with Gasteiger partial charge in [-0.3, -0.25) is 4.79 Å². The summed E-state index contributed by atoms with van der Waals surface area (Å²) >= 11 is 1.54. The van der Waals surface area contributed by atoms with Gasteiger partial charge in [0, 0.05) is 17.1 Å². The molecule has 2 aromatic rings. The number of anilines is 1. The van der Waals surface area contributed by atoms with Gasteiger partial charge >= 0.3 is 0 Å². The number of amides is 1. The van der Waals surface area contributed by atoms with Crippen LogP contribution in [0.3, 0.4) is 0 Å². The lowest BCUT2D eigenvalue weighted by Gasteiger charge is -2.17. The number of para-hydroxylation sites is 1. The van der Waals surface area contributed by atoms with Gasteiger partial charge in [0.1, 0.15) is 0 Å². The van der Waals surface area contributed by atoms with Gasteiger partial charge in [-0.1, -0.05) is 30.3 Å². The second-order valence-electron chi connectivity index (χ2n) is 5.01. The van der Waals surface area contributed by atoms with Gasteiger partial charge < -0.3 is 10.0 Å². The number of thioether (sulfide) groups is 1. The Labute approximate surface area is 128 Å². The number of aliphatic hydroxyl groups excluding tert-OH is 1. The number of benzene rings is 2. The van der Waals surface area contributed by atoms with Crippen molar-refractivity contribution in [3.05, 3.63) is 59.7 Å². The Kier molecular flexibility index (Phi) is 4.27. The van der Waals surface area contributed by atoms with E-state index in [1.54, 1.807) is 0 Å². The van der Waals surface area contributed by atoms with Gasteiger partial charge in [0.25, 0.3) is 0 Å². The quantitative estimate of drug-likeness (QED) is 0.883. The first-order valence-electron chi connectivity index (χ1n) is 6.99. The monoisotopic (exact) mass is 299 g/mol. The number of carbonyl (C=O) groups excluding carboxylic acids is 1. The number of rotatable bonds is 4. The number of fused-ring (bicyclic) bond motifs is 1. The van der Waals surface area contributed by atoms with Crippen molar-refractivity contribution < 1.29 is 9.90 Å². The van der Waals surface area contributed by atoms with Crippen molar-refractivity contribution in [3.63, 3.8) is 0 Å². The van der Waals surface area contributed by atoms with E-state index in [-0.39, 0.29) is 12.5 Å². The number of nitrogens with zero attached hydrogens (tertiary/aromatic N) is 1. The Morgan fingerprint density at radius 2 is 1.90 bits per heavy atom. The van der Waals surface area contributed by atoms with Gasteiger partial charge in [0.2, 0.25) is 5.91 Å². The summed E-state index contributed by atoms with van der Waals surface area (Å²) in [5, 5.41) is 9.02. The fraction of sp³-hybridized carbons (Fsp3) is 0.235. The molecule has 0 fully saturated rings. The Hall–Kier alpha value is -1.78. The molecule has 0 atom stereocenters. The maximum Gasteiger partial charge on any atom is 0.237 e. The Bertz CT molecular complexity index is 639. The van der Waals surface area contributed by atoms with Crippen molar-refractivity contribution in [2.24, 2.45) is 0 Å². The van der Waals surface area contributed by atoms with Crippen LogP contribution in [0.15, 0.2) is 53.4 Å². The molecule has 1 aliphatic heterocycles. The zero-order chi connectivity index (χ0) is 14.7. The predicted molar refractivity (Wildman–Crippen MR) is 85.6 cm³/mol. The van der Waals surface area contributed by atoms with Crippen LogP contribution in [0.25, 0.3) is 0 Å². The van der Waals surface area contributed by atoms with Crippen LogP contribution in [0, 0.1) is 0 Å². The molecular formula is C17H17NO2S. The second kappa shape index (κ2) is 6.33. The van der Waals surface area contributed by atoms with Crippen molar-refractivity contribution in [3.8, 4) is 0 Å². The molecule has 21 heavy (non-hydrogen) atoms. The van der Waals surface area contributed by atoms with E-state index in [9.17, 15) is 4.79 Å². The average Bonchev–Trinajstić information content (AvgIpc) is 2.97. The molecule has 0 saturated carbocycles. The molecule has 0 radical (unpaired) electrons. The molecule has 1 heterocycles. The molecule has 3 nitrogen and oxygen atoms in total. The number of hydrogen-bond donors (Lipinski definition) is 1. The van der Waals surface area contributed by atoms with Gasteiger partial charge in [-0.05, 0) is 35.7 Å². The largest absolute Gasteiger partial charge is 0.392 e. The molecule has 3 rings (SSSR count). The molecule has 0 saturated heterocycles.